The summed E-state index contributed by atoms with van der Waals surface area (Å²) in [5, 5.41) is 6.97. The number of guanidine groups is 1. The molecular weight excluding hydrogens is 404 g/mol. The molecule has 1 heterocycles. The van der Waals surface area contributed by atoms with Crippen LogP contribution in [-0.4, -0.2) is 76.4 Å². The Hall–Kier alpha value is -2.12. The molecule has 2 N–H and O–H groups in total. The topological polar surface area (TPSA) is 75.2 Å². The summed E-state index contributed by atoms with van der Waals surface area (Å²) in [6.45, 7) is 7.53. The van der Waals surface area contributed by atoms with E-state index in [1.54, 1.807) is 7.05 Å². The molecule has 32 heavy (non-hydrogen) atoms. The quantitative estimate of drug-likeness (QED) is 0.330. The van der Waals surface area contributed by atoms with Crippen molar-refractivity contribution in [3.05, 3.63) is 35.9 Å². The van der Waals surface area contributed by atoms with E-state index >= 15 is 0 Å². The van der Waals surface area contributed by atoms with Crippen molar-refractivity contribution in [2.24, 2.45) is 10.4 Å². The average molecular weight is 445 g/mol. The maximum atomic E-state index is 13.3. The second kappa shape index (κ2) is 12.8. The highest BCUT2D eigenvalue weighted by atomic mass is 16.5. The van der Waals surface area contributed by atoms with Gasteiger partial charge in [0.2, 0.25) is 5.91 Å². The summed E-state index contributed by atoms with van der Waals surface area (Å²) in [7, 11) is 1.79. The minimum atomic E-state index is -0.258. The van der Waals surface area contributed by atoms with Gasteiger partial charge in [-0.2, -0.15) is 0 Å². The predicted octanol–water partition coefficient (Wildman–Crippen LogP) is 2.78. The van der Waals surface area contributed by atoms with E-state index < -0.39 is 0 Å². The first-order valence-electron chi connectivity index (χ1n) is 12.1. The van der Waals surface area contributed by atoms with E-state index in [0.29, 0.717) is 32.8 Å². The molecule has 1 aliphatic heterocycles. The third-order valence-corrected chi connectivity index (χ3v) is 6.80. The van der Waals surface area contributed by atoms with Gasteiger partial charge in [-0.25, -0.2) is 0 Å². The van der Waals surface area contributed by atoms with Crippen LogP contribution in [-0.2, 0) is 14.3 Å². The first-order chi connectivity index (χ1) is 15.7. The SMILES string of the molecule is CCOCCC1(CNC(=NC)NCC(C(=O)N2CCOCC2)c2ccccc2)CCCC1. The number of morpholine rings is 1. The van der Waals surface area contributed by atoms with Gasteiger partial charge in [-0.05, 0) is 37.2 Å². The van der Waals surface area contributed by atoms with Crippen molar-refractivity contribution in [3.8, 4) is 0 Å². The fourth-order valence-electron chi connectivity index (χ4n) is 4.80. The number of nitrogens with zero attached hydrogens (tertiary/aromatic N) is 2. The summed E-state index contributed by atoms with van der Waals surface area (Å²) in [6.07, 6.45) is 6.10. The number of hydrogen-bond acceptors (Lipinski definition) is 4. The molecule has 7 nitrogen and oxygen atoms in total. The highest BCUT2D eigenvalue weighted by Crippen LogP contribution is 2.40. The Bertz CT molecular complexity index is 713. The predicted molar refractivity (Wildman–Crippen MR) is 128 cm³/mol. The number of amides is 1. The standard InChI is InChI=1S/C25H40N4O3/c1-3-31-16-13-25(11-7-8-12-25)20-28-24(26-2)27-19-22(21-9-5-4-6-10-21)23(30)29-14-17-32-18-15-29/h4-6,9-10,22H,3,7-8,11-20H2,1-2H3,(H2,26,27,28). The Morgan fingerprint density at radius 3 is 2.56 bits per heavy atom. The van der Waals surface area contributed by atoms with Crippen molar-refractivity contribution in [2.75, 3.05) is 59.7 Å². The zero-order valence-corrected chi connectivity index (χ0v) is 19.8. The molecule has 1 saturated carbocycles. The summed E-state index contributed by atoms with van der Waals surface area (Å²) < 4.78 is 11.1. The van der Waals surface area contributed by atoms with Gasteiger partial charge >= 0.3 is 0 Å². The molecule has 1 aromatic carbocycles. The van der Waals surface area contributed by atoms with Gasteiger partial charge in [-0.3, -0.25) is 9.79 Å². The number of ether oxygens (including phenoxy) is 2. The molecule has 1 unspecified atom stereocenters. The molecule has 0 radical (unpaired) electrons. The molecule has 0 aromatic heterocycles. The Labute approximate surface area is 192 Å². The van der Waals surface area contributed by atoms with Crippen molar-refractivity contribution in [1.29, 1.82) is 0 Å². The van der Waals surface area contributed by atoms with E-state index in [1.165, 1.54) is 25.7 Å². The minimum absolute atomic E-state index is 0.145. The first-order valence-corrected chi connectivity index (χ1v) is 12.1. The lowest BCUT2D eigenvalue weighted by molar-refractivity contribution is -0.136. The van der Waals surface area contributed by atoms with Crippen LogP contribution in [0.15, 0.2) is 35.3 Å². The van der Waals surface area contributed by atoms with Gasteiger partial charge in [0.15, 0.2) is 5.96 Å². The van der Waals surface area contributed by atoms with E-state index in [9.17, 15) is 4.79 Å². The van der Waals surface area contributed by atoms with Gasteiger partial charge in [-0.1, -0.05) is 43.2 Å². The van der Waals surface area contributed by atoms with Crippen LogP contribution in [0, 0.1) is 5.41 Å². The van der Waals surface area contributed by atoms with Gasteiger partial charge in [0, 0.05) is 46.4 Å². The van der Waals surface area contributed by atoms with Gasteiger partial charge in [-0.15, -0.1) is 0 Å². The number of rotatable bonds is 10. The molecule has 178 valence electrons. The second-order valence-electron chi connectivity index (χ2n) is 8.86. The highest BCUT2D eigenvalue weighted by molar-refractivity contribution is 5.86. The van der Waals surface area contributed by atoms with Crippen LogP contribution in [0.2, 0.25) is 0 Å². The molecule has 1 saturated heterocycles. The van der Waals surface area contributed by atoms with Crippen LogP contribution in [0.4, 0.5) is 0 Å². The van der Waals surface area contributed by atoms with Crippen molar-refractivity contribution >= 4 is 11.9 Å². The van der Waals surface area contributed by atoms with Crippen LogP contribution in [0.5, 0.6) is 0 Å². The monoisotopic (exact) mass is 444 g/mol. The van der Waals surface area contributed by atoms with Crippen LogP contribution in [0.1, 0.15) is 50.5 Å². The highest BCUT2D eigenvalue weighted by Gasteiger charge is 2.34. The smallest absolute Gasteiger partial charge is 0.232 e. The summed E-state index contributed by atoms with van der Waals surface area (Å²) in [6, 6.07) is 10.0. The maximum absolute atomic E-state index is 13.3. The lowest BCUT2D eigenvalue weighted by atomic mass is 9.83. The number of aliphatic imine (C=N–C) groups is 1. The fourth-order valence-corrected chi connectivity index (χ4v) is 4.80. The number of nitrogens with one attached hydrogen (secondary N) is 2. The van der Waals surface area contributed by atoms with Gasteiger partial charge in [0.25, 0.3) is 0 Å². The van der Waals surface area contributed by atoms with E-state index in [0.717, 1.165) is 37.7 Å². The number of hydrogen-bond donors (Lipinski definition) is 2. The molecule has 7 heteroatoms. The number of benzene rings is 1. The molecule has 1 amide bonds. The Morgan fingerprint density at radius 1 is 1.19 bits per heavy atom. The number of carbonyl (C=O) groups excluding carboxylic acids is 1. The molecule has 2 aliphatic rings. The summed E-state index contributed by atoms with van der Waals surface area (Å²) in [5.41, 5.74) is 1.30. The van der Waals surface area contributed by atoms with Crippen LogP contribution >= 0.6 is 0 Å². The minimum Gasteiger partial charge on any atom is -0.382 e. The van der Waals surface area contributed by atoms with E-state index in [4.69, 9.17) is 9.47 Å². The Morgan fingerprint density at radius 2 is 1.91 bits per heavy atom. The Kier molecular flexibility index (Phi) is 9.81. The fraction of sp³-hybridized carbons (Fsp3) is 0.680. The third-order valence-electron chi connectivity index (χ3n) is 6.80. The number of carbonyl (C=O) groups is 1. The molecule has 1 aromatic rings. The van der Waals surface area contributed by atoms with Crippen LogP contribution < -0.4 is 10.6 Å². The largest absolute Gasteiger partial charge is 0.382 e. The first kappa shape index (κ1) is 24.5. The normalized spacial score (nSPS) is 19.6. The summed E-state index contributed by atoms with van der Waals surface area (Å²) >= 11 is 0. The summed E-state index contributed by atoms with van der Waals surface area (Å²) in [4.78, 5) is 19.7. The average Bonchev–Trinajstić information content (AvgIpc) is 3.31. The Balaban J connectivity index is 1.60. The second-order valence-corrected chi connectivity index (χ2v) is 8.86. The van der Waals surface area contributed by atoms with E-state index in [-0.39, 0.29) is 17.2 Å². The summed E-state index contributed by atoms with van der Waals surface area (Å²) in [5.74, 6) is 0.640. The zero-order chi connectivity index (χ0) is 22.7. The van der Waals surface area contributed by atoms with Gasteiger partial charge in [0.1, 0.15) is 0 Å². The van der Waals surface area contributed by atoms with Gasteiger partial charge < -0.3 is 25.0 Å². The van der Waals surface area contributed by atoms with Crippen molar-refractivity contribution in [3.63, 3.8) is 0 Å². The van der Waals surface area contributed by atoms with Crippen molar-refractivity contribution < 1.29 is 14.3 Å². The molecule has 1 aliphatic carbocycles. The lowest BCUT2D eigenvalue weighted by Gasteiger charge is -2.32. The van der Waals surface area contributed by atoms with Crippen molar-refractivity contribution in [2.45, 2.75) is 44.9 Å². The molecular formula is C25H40N4O3. The third kappa shape index (κ3) is 6.94. The maximum Gasteiger partial charge on any atom is 0.232 e. The van der Waals surface area contributed by atoms with Crippen LogP contribution in [0.3, 0.4) is 0 Å². The molecule has 3 rings (SSSR count). The van der Waals surface area contributed by atoms with Gasteiger partial charge in [0.05, 0.1) is 19.1 Å². The molecule has 0 spiro atoms. The van der Waals surface area contributed by atoms with Crippen molar-refractivity contribution in [1.82, 2.24) is 15.5 Å². The lowest BCUT2D eigenvalue weighted by Crippen LogP contribution is -2.48. The zero-order valence-electron chi connectivity index (χ0n) is 19.8. The van der Waals surface area contributed by atoms with Crippen LogP contribution in [0.25, 0.3) is 0 Å². The van der Waals surface area contributed by atoms with E-state index in [1.807, 2.05) is 42.2 Å². The molecule has 0 bridgehead atoms. The molecule has 1 atom stereocenters. The molecule has 2 fully saturated rings. The van der Waals surface area contributed by atoms with E-state index in [2.05, 4.69) is 15.6 Å².